The summed E-state index contributed by atoms with van der Waals surface area (Å²) in [5, 5.41) is 15.3. The first-order chi connectivity index (χ1) is 15.1. The summed E-state index contributed by atoms with van der Waals surface area (Å²) >= 11 is 0. The number of amides is 1. The number of nitrogens with one attached hydrogen (secondary N) is 2. The Bertz CT molecular complexity index is 1260. The van der Waals surface area contributed by atoms with Crippen LogP contribution in [-0.4, -0.2) is 55.1 Å². The Kier molecular flexibility index (Phi) is 4.79. The number of carbonyl (C=O) groups is 1. The van der Waals surface area contributed by atoms with Crippen molar-refractivity contribution in [3.8, 4) is 0 Å². The largest absolute Gasteiger partial charge is 0.321 e. The van der Waals surface area contributed by atoms with E-state index in [-0.39, 0.29) is 24.7 Å². The number of aryl methyl sites for hydroxylation is 1. The highest BCUT2D eigenvalue weighted by Crippen LogP contribution is 2.25. The summed E-state index contributed by atoms with van der Waals surface area (Å²) < 4.78 is 18.6. The Labute approximate surface area is 176 Å². The molecule has 11 heteroatoms. The molecule has 31 heavy (non-hydrogen) atoms. The van der Waals surface area contributed by atoms with Crippen molar-refractivity contribution in [3.63, 3.8) is 0 Å². The third kappa shape index (κ3) is 3.70. The van der Waals surface area contributed by atoms with Crippen LogP contribution in [0.3, 0.4) is 0 Å². The molecule has 158 valence electrons. The number of hydrogen-bond acceptors (Lipinski definition) is 7. The van der Waals surface area contributed by atoms with Gasteiger partial charge < -0.3 is 15.5 Å². The molecule has 1 fully saturated rings. The number of halogens is 1. The smallest absolute Gasteiger partial charge is 0.241 e. The van der Waals surface area contributed by atoms with Gasteiger partial charge in [-0.3, -0.25) is 9.48 Å². The van der Waals surface area contributed by atoms with Crippen molar-refractivity contribution in [1.82, 2.24) is 34.8 Å². The molecule has 0 aliphatic carbocycles. The van der Waals surface area contributed by atoms with Crippen molar-refractivity contribution in [1.29, 1.82) is 0 Å². The molecular weight excluding hydrogens is 401 g/mol. The van der Waals surface area contributed by atoms with E-state index in [0.29, 0.717) is 30.2 Å². The summed E-state index contributed by atoms with van der Waals surface area (Å²) in [6.07, 6.45) is 6.79. The van der Waals surface area contributed by atoms with E-state index < -0.39 is 5.82 Å². The van der Waals surface area contributed by atoms with Gasteiger partial charge in [-0.25, -0.2) is 14.1 Å². The second-order valence-electron chi connectivity index (χ2n) is 7.27. The van der Waals surface area contributed by atoms with Crippen molar-refractivity contribution in [3.05, 3.63) is 54.4 Å². The number of anilines is 3. The van der Waals surface area contributed by atoms with E-state index in [1.807, 2.05) is 13.2 Å². The molecule has 0 spiro atoms. The highest BCUT2D eigenvalue weighted by atomic mass is 19.1. The minimum Gasteiger partial charge on any atom is -0.321 e. The fourth-order valence-electron chi connectivity index (χ4n) is 3.58. The number of piperazine rings is 1. The van der Waals surface area contributed by atoms with Crippen LogP contribution in [0, 0.1) is 5.82 Å². The Morgan fingerprint density at radius 1 is 1.23 bits per heavy atom. The molecule has 1 amide bonds. The maximum atomic E-state index is 15.3. The fraction of sp³-hybridized carbons (Fsp3) is 0.250. The average molecular weight is 421 g/mol. The number of rotatable bonds is 5. The standard InChI is InChI=1S/C20H20FN9O/c1-28-12-15(9-24-28)26-20-23-7-14-8-25-30(19(14)27-20)11-13-3-2-4-16(18(13)21)29-6-5-22-10-17(29)31/h2-4,7-9,12,22H,5-6,10-11H2,1H3,(H,23,26,27). The van der Waals surface area contributed by atoms with Gasteiger partial charge in [-0.2, -0.15) is 15.2 Å². The summed E-state index contributed by atoms with van der Waals surface area (Å²) in [5.74, 6) is -0.183. The number of benzene rings is 1. The van der Waals surface area contributed by atoms with Gasteiger partial charge in [0.25, 0.3) is 0 Å². The van der Waals surface area contributed by atoms with E-state index in [4.69, 9.17) is 0 Å². The molecule has 3 aromatic heterocycles. The van der Waals surface area contributed by atoms with Crippen molar-refractivity contribution in [2.45, 2.75) is 6.54 Å². The van der Waals surface area contributed by atoms with Crippen LogP contribution < -0.4 is 15.5 Å². The van der Waals surface area contributed by atoms with E-state index >= 15 is 4.39 Å². The number of fused-ring (bicyclic) bond motifs is 1. The minimum atomic E-state index is -0.427. The van der Waals surface area contributed by atoms with Gasteiger partial charge in [0.2, 0.25) is 11.9 Å². The summed E-state index contributed by atoms with van der Waals surface area (Å²) in [6, 6.07) is 5.06. The highest BCUT2D eigenvalue weighted by Gasteiger charge is 2.23. The highest BCUT2D eigenvalue weighted by molar-refractivity contribution is 5.95. The monoisotopic (exact) mass is 421 g/mol. The summed E-state index contributed by atoms with van der Waals surface area (Å²) in [7, 11) is 1.82. The van der Waals surface area contributed by atoms with Crippen molar-refractivity contribution in [2.24, 2.45) is 7.05 Å². The van der Waals surface area contributed by atoms with E-state index in [9.17, 15) is 4.79 Å². The molecule has 4 aromatic rings. The molecule has 0 atom stereocenters. The molecule has 1 aliphatic heterocycles. The third-order valence-electron chi connectivity index (χ3n) is 5.10. The predicted octanol–water partition coefficient (Wildman–Crippen LogP) is 1.43. The molecule has 5 rings (SSSR count). The number of hydrogen-bond donors (Lipinski definition) is 2. The zero-order valence-corrected chi connectivity index (χ0v) is 16.8. The van der Waals surface area contributed by atoms with E-state index in [0.717, 1.165) is 11.1 Å². The number of carbonyl (C=O) groups excluding carboxylic acids is 1. The zero-order valence-electron chi connectivity index (χ0n) is 16.8. The molecule has 0 saturated carbocycles. The number of aromatic nitrogens is 6. The summed E-state index contributed by atoms with van der Waals surface area (Å²) in [4.78, 5) is 22.5. The van der Waals surface area contributed by atoms with Crippen LogP contribution >= 0.6 is 0 Å². The molecular formula is C20H20FN9O. The lowest BCUT2D eigenvalue weighted by atomic mass is 10.1. The van der Waals surface area contributed by atoms with E-state index in [1.165, 1.54) is 4.90 Å². The molecule has 0 bridgehead atoms. The Balaban J connectivity index is 1.44. The molecule has 1 saturated heterocycles. The molecule has 4 heterocycles. The molecule has 10 nitrogen and oxygen atoms in total. The van der Waals surface area contributed by atoms with Gasteiger partial charge in [-0.15, -0.1) is 0 Å². The third-order valence-corrected chi connectivity index (χ3v) is 5.10. The van der Waals surface area contributed by atoms with Crippen LogP contribution in [0.15, 0.2) is 43.0 Å². The van der Waals surface area contributed by atoms with Gasteiger partial charge in [0.05, 0.1) is 42.2 Å². The maximum Gasteiger partial charge on any atom is 0.241 e. The number of nitrogens with zero attached hydrogens (tertiary/aromatic N) is 7. The molecule has 0 unspecified atom stereocenters. The second-order valence-corrected chi connectivity index (χ2v) is 7.27. The lowest BCUT2D eigenvalue weighted by Gasteiger charge is -2.28. The first kappa shape index (κ1) is 19.1. The Morgan fingerprint density at radius 3 is 2.94 bits per heavy atom. The van der Waals surface area contributed by atoms with Crippen LogP contribution in [-0.2, 0) is 18.4 Å². The molecule has 2 N–H and O–H groups in total. The normalized spacial score (nSPS) is 14.4. The van der Waals surface area contributed by atoms with Gasteiger partial charge in [0, 0.05) is 38.1 Å². The van der Waals surface area contributed by atoms with E-state index in [1.54, 1.807) is 46.2 Å². The van der Waals surface area contributed by atoms with Gasteiger partial charge in [0.15, 0.2) is 11.5 Å². The summed E-state index contributed by atoms with van der Waals surface area (Å²) in [6.45, 7) is 1.44. The van der Waals surface area contributed by atoms with Crippen molar-refractivity contribution < 1.29 is 9.18 Å². The van der Waals surface area contributed by atoms with Crippen molar-refractivity contribution in [2.75, 3.05) is 29.9 Å². The quantitative estimate of drug-likeness (QED) is 0.502. The van der Waals surface area contributed by atoms with Gasteiger partial charge in [0.1, 0.15) is 0 Å². The molecule has 0 radical (unpaired) electrons. The molecule has 1 aliphatic rings. The first-order valence-electron chi connectivity index (χ1n) is 9.81. The zero-order chi connectivity index (χ0) is 21.4. The average Bonchev–Trinajstić information content (AvgIpc) is 3.36. The van der Waals surface area contributed by atoms with Crippen LogP contribution in [0.1, 0.15) is 5.56 Å². The van der Waals surface area contributed by atoms with Crippen molar-refractivity contribution >= 4 is 34.3 Å². The first-order valence-corrected chi connectivity index (χ1v) is 9.81. The van der Waals surface area contributed by atoms with Crippen LogP contribution in [0.25, 0.3) is 11.0 Å². The summed E-state index contributed by atoms with van der Waals surface area (Å²) in [5.41, 5.74) is 2.04. The topological polar surface area (TPSA) is 106 Å². The Hall–Kier alpha value is -3.86. The van der Waals surface area contributed by atoms with Crippen LogP contribution in [0.2, 0.25) is 0 Å². The predicted molar refractivity (Wildman–Crippen MR) is 113 cm³/mol. The van der Waals surface area contributed by atoms with E-state index in [2.05, 4.69) is 30.8 Å². The lowest BCUT2D eigenvalue weighted by molar-refractivity contribution is -0.118. The van der Waals surface area contributed by atoms with Gasteiger partial charge >= 0.3 is 0 Å². The van der Waals surface area contributed by atoms with Crippen LogP contribution in [0.5, 0.6) is 0 Å². The van der Waals surface area contributed by atoms with Gasteiger partial charge in [-0.05, 0) is 6.07 Å². The Morgan fingerprint density at radius 2 is 2.13 bits per heavy atom. The maximum absolute atomic E-state index is 15.3. The second kappa shape index (κ2) is 7.76. The lowest BCUT2D eigenvalue weighted by Crippen LogP contribution is -2.48. The van der Waals surface area contributed by atoms with Crippen LogP contribution in [0.4, 0.5) is 21.7 Å². The van der Waals surface area contributed by atoms with Gasteiger partial charge in [-0.1, -0.05) is 12.1 Å². The fourth-order valence-corrected chi connectivity index (χ4v) is 3.58. The SMILES string of the molecule is Cn1cc(Nc2ncc3cnn(Cc4cccc(N5CCNCC5=O)c4F)c3n2)cn1. The minimum absolute atomic E-state index is 0.148. The molecule has 1 aromatic carbocycles.